The van der Waals surface area contributed by atoms with E-state index in [0.29, 0.717) is 16.7 Å². The van der Waals surface area contributed by atoms with Crippen molar-refractivity contribution in [2.45, 2.75) is 13.3 Å². The van der Waals surface area contributed by atoms with Gasteiger partial charge in [-0.3, -0.25) is 0 Å². The SMILES string of the molecule is CCNC.COCCc1ccc(Cl)cc1Cl. The highest BCUT2D eigenvalue weighted by atomic mass is 35.5. The van der Waals surface area contributed by atoms with E-state index in [2.05, 4.69) is 12.2 Å². The molecule has 0 spiro atoms. The fourth-order valence-electron chi connectivity index (χ4n) is 0.936. The van der Waals surface area contributed by atoms with Crippen LogP contribution in [0, 0.1) is 0 Å². The minimum atomic E-state index is 0.668. The van der Waals surface area contributed by atoms with Crippen molar-refractivity contribution in [2.24, 2.45) is 0 Å². The Hall–Kier alpha value is -0.280. The Balaban J connectivity index is 0.000000487. The zero-order chi connectivity index (χ0) is 12.4. The fraction of sp³-hybridized carbons (Fsp3) is 0.500. The van der Waals surface area contributed by atoms with Crippen LogP contribution in [0.3, 0.4) is 0 Å². The molecule has 0 radical (unpaired) electrons. The van der Waals surface area contributed by atoms with E-state index in [9.17, 15) is 0 Å². The van der Waals surface area contributed by atoms with Gasteiger partial charge in [-0.15, -0.1) is 0 Å². The summed E-state index contributed by atoms with van der Waals surface area (Å²) in [4.78, 5) is 0. The predicted molar refractivity (Wildman–Crippen MR) is 71.6 cm³/mol. The Labute approximate surface area is 108 Å². The third-order valence-electron chi connectivity index (χ3n) is 1.94. The molecule has 1 aromatic carbocycles. The summed E-state index contributed by atoms with van der Waals surface area (Å²) >= 11 is 11.7. The van der Waals surface area contributed by atoms with Crippen molar-refractivity contribution in [1.82, 2.24) is 5.32 Å². The molecule has 1 N–H and O–H groups in total. The van der Waals surface area contributed by atoms with Crippen molar-refractivity contribution in [3.63, 3.8) is 0 Å². The van der Waals surface area contributed by atoms with Crippen molar-refractivity contribution in [2.75, 3.05) is 27.3 Å². The van der Waals surface area contributed by atoms with E-state index >= 15 is 0 Å². The monoisotopic (exact) mass is 263 g/mol. The fourth-order valence-corrected chi connectivity index (χ4v) is 1.44. The summed E-state index contributed by atoms with van der Waals surface area (Å²) in [5, 5.41) is 4.31. The summed E-state index contributed by atoms with van der Waals surface area (Å²) in [6.07, 6.45) is 0.826. The van der Waals surface area contributed by atoms with Crippen LogP contribution in [0.15, 0.2) is 18.2 Å². The van der Waals surface area contributed by atoms with E-state index < -0.39 is 0 Å². The van der Waals surface area contributed by atoms with Gasteiger partial charge in [0.2, 0.25) is 0 Å². The lowest BCUT2D eigenvalue weighted by atomic mass is 10.2. The first-order valence-electron chi connectivity index (χ1n) is 5.23. The molecule has 4 heteroatoms. The number of hydrogen-bond acceptors (Lipinski definition) is 2. The summed E-state index contributed by atoms with van der Waals surface area (Å²) in [6.45, 7) is 3.82. The molecule has 1 aromatic rings. The number of rotatable bonds is 4. The summed E-state index contributed by atoms with van der Waals surface area (Å²) in [7, 11) is 3.60. The molecular weight excluding hydrogens is 245 g/mol. The smallest absolute Gasteiger partial charge is 0.0503 e. The first-order valence-corrected chi connectivity index (χ1v) is 5.98. The quantitative estimate of drug-likeness (QED) is 0.899. The van der Waals surface area contributed by atoms with E-state index in [1.54, 1.807) is 13.2 Å². The van der Waals surface area contributed by atoms with Crippen LogP contribution in [0.1, 0.15) is 12.5 Å². The van der Waals surface area contributed by atoms with Crippen molar-refractivity contribution < 1.29 is 4.74 Å². The second-order valence-electron chi connectivity index (χ2n) is 3.19. The number of hydrogen-bond donors (Lipinski definition) is 1. The maximum absolute atomic E-state index is 5.93. The first-order chi connectivity index (χ1) is 7.65. The second kappa shape index (κ2) is 9.91. The van der Waals surface area contributed by atoms with Gasteiger partial charge >= 0.3 is 0 Å². The van der Waals surface area contributed by atoms with Gasteiger partial charge in [-0.1, -0.05) is 36.2 Å². The maximum atomic E-state index is 5.93. The van der Waals surface area contributed by atoms with Gasteiger partial charge in [0.25, 0.3) is 0 Å². The highest BCUT2D eigenvalue weighted by molar-refractivity contribution is 6.35. The normalized spacial score (nSPS) is 9.56. The van der Waals surface area contributed by atoms with Gasteiger partial charge in [-0.05, 0) is 37.7 Å². The van der Waals surface area contributed by atoms with Gasteiger partial charge in [-0.2, -0.15) is 0 Å². The molecule has 2 nitrogen and oxygen atoms in total. The van der Waals surface area contributed by atoms with E-state index in [-0.39, 0.29) is 0 Å². The maximum Gasteiger partial charge on any atom is 0.0503 e. The second-order valence-corrected chi connectivity index (χ2v) is 4.03. The molecule has 0 heterocycles. The number of benzene rings is 1. The van der Waals surface area contributed by atoms with Crippen LogP contribution in [0.25, 0.3) is 0 Å². The van der Waals surface area contributed by atoms with Gasteiger partial charge in [0.05, 0.1) is 6.61 Å². The molecule has 0 saturated carbocycles. The first kappa shape index (κ1) is 15.7. The van der Waals surface area contributed by atoms with Gasteiger partial charge in [0, 0.05) is 17.2 Å². The molecular formula is C12H19Cl2NO. The van der Waals surface area contributed by atoms with Crippen molar-refractivity contribution in [3.8, 4) is 0 Å². The lowest BCUT2D eigenvalue weighted by molar-refractivity contribution is 0.202. The van der Waals surface area contributed by atoms with Gasteiger partial charge in [0.1, 0.15) is 0 Å². The zero-order valence-corrected chi connectivity index (χ0v) is 11.5. The topological polar surface area (TPSA) is 21.3 Å². The Morgan fingerprint density at radius 2 is 1.94 bits per heavy atom. The van der Waals surface area contributed by atoms with Crippen LogP contribution in [0.4, 0.5) is 0 Å². The molecule has 16 heavy (non-hydrogen) atoms. The van der Waals surface area contributed by atoms with Crippen LogP contribution in [-0.4, -0.2) is 27.3 Å². The molecule has 0 amide bonds. The van der Waals surface area contributed by atoms with Gasteiger partial charge in [0.15, 0.2) is 0 Å². The minimum Gasteiger partial charge on any atom is -0.384 e. The molecule has 1 rings (SSSR count). The highest BCUT2D eigenvalue weighted by Gasteiger charge is 1.99. The van der Waals surface area contributed by atoms with Gasteiger partial charge < -0.3 is 10.1 Å². The van der Waals surface area contributed by atoms with Gasteiger partial charge in [-0.25, -0.2) is 0 Å². The lowest BCUT2D eigenvalue weighted by Crippen LogP contribution is -2.01. The molecule has 0 aliphatic rings. The van der Waals surface area contributed by atoms with Crippen molar-refractivity contribution in [1.29, 1.82) is 0 Å². The summed E-state index contributed by atoms with van der Waals surface area (Å²) in [5.74, 6) is 0. The Morgan fingerprint density at radius 3 is 2.38 bits per heavy atom. The van der Waals surface area contributed by atoms with Crippen LogP contribution < -0.4 is 5.32 Å². The third-order valence-corrected chi connectivity index (χ3v) is 2.53. The molecule has 0 aliphatic heterocycles. The van der Waals surface area contributed by atoms with Crippen molar-refractivity contribution in [3.05, 3.63) is 33.8 Å². The van der Waals surface area contributed by atoms with E-state index in [1.165, 1.54) is 0 Å². The summed E-state index contributed by atoms with van der Waals surface area (Å²) in [5.41, 5.74) is 1.07. The Morgan fingerprint density at radius 1 is 1.31 bits per heavy atom. The average molecular weight is 264 g/mol. The Kier molecular flexibility index (Phi) is 9.74. The number of nitrogens with one attached hydrogen (secondary N) is 1. The average Bonchev–Trinajstić information content (AvgIpc) is 2.28. The summed E-state index contributed by atoms with van der Waals surface area (Å²) in [6, 6.07) is 5.50. The predicted octanol–water partition coefficient (Wildman–Crippen LogP) is 3.41. The highest BCUT2D eigenvalue weighted by Crippen LogP contribution is 2.21. The van der Waals surface area contributed by atoms with E-state index in [4.69, 9.17) is 27.9 Å². The standard InChI is InChI=1S/C9H10Cl2O.C3H9N/c1-12-5-4-7-2-3-8(10)6-9(7)11;1-3-4-2/h2-3,6H,4-5H2,1H3;4H,3H2,1-2H3. The zero-order valence-electron chi connectivity index (χ0n) is 10.0. The molecule has 0 saturated heterocycles. The molecule has 0 aliphatic carbocycles. The van der Waals surface area contributed by atoms with Crippen molar-refractivity contribution >= 4 is 23.2 Å². The van der Waals surface area contributed by atoms with E-state index in [0.717, 1.165) is 18.5 Å². The number of ether oxygens (including phenoxy) is 1. The Bertz CT molecular complexity index is 290. The molecule has 0 fully saturated rings. The molecule has 0 aromatic heterocycles. The molecule has 0 bridgehead atoms. The molecule has 92 valence electrons. The molecule has 0 unspecified atom stereocenters. The van der Waals surface area contributed by atoms with Crippen LogP contribution >= 0.6 is 23.2 Å². The van der Waals surface area contributed by atoms with E-state index in [1.807, 2.05) is 19.2 Å². The minimum absolute atomic E-state index is 0.668. The van der Waals surface area contributed by atoms with Crippen LogP contribution in [0.5, 0.6) is 0 Å². The summed E-state index contributed by atoms with van der Waals surface area (Å²) < 4.78 is 4.94. The number of methoxy groups -OCH3 is 1. The third kappa shape index (κ3) is 7.07. The van der Waals surface area contributed by atoms with Crippen LogP contribution in [-0.2, 0) is 11.2 Å². The molecule has 0 atom stereocenters. The number of halogens is 2. The van der Waals surface area contributed by atoms with Crippen LogP contribution in [0.2, 0.25) is 10.0 Å². The lowest BCUT2D eigenvalue weighted by Gasteiger charge is -2.02. The largest absolute Gasteiger partial charge is 0.384 e.